The molecule has 0 bridgehead atoms. The molecule has 1 aliphatic rings. The van der Waals surface area contributed by atoms with Crippen LogP contribution in [-0.2, 0) is 14.6 Å². The average molecular weight is 545 g/mol. The second-order valence-corrected chi connectivity index (χ2v) is 11.3. The number of urea groups is 1. The van der Waals surface area contributed by atoms with Crippen molar-refractivity contribution in [3.63, 3.8) is 0 Å². The molecule has 8 nitrogen and oxygen atoms in total. The number of rotatable bonds is 6. The Labute approximate surface area is 219 Å². The number of sulfone groups is 1. The summed E-state index contributed by atoms with van der Waals surface area (Å²) in [5.41, 5.74) is -0.132. The maximum Gasteiger partial charge on any atom is 0.320 e. The molecule has 3 aromatic rings. The fourth-order valence-electron chi connectivity index (χ4n) is 4.23. The normalized spacial score (nSPS) is 15.0. The molecule has 0 saturated carbocycles. The van der Waals surface area contributed by atoms with E-state index in [2.05, 4.69) is 21.3 Å². The van der Waals surface area contributed by atoms with Gasteiger partial charge in [-0.1, -0.05) is 35.9 Å². The van der Waals surface area contributed by atoms with Crippen LogP contribution in [0.2, 0.25) is 5.02 Å². The standard InChI is InChI=1S/C26H26ClFN4O4S/c1-37(35,36)23-5-3-2-4-20(23)17-6-11-22(21(28)16-17)31-24(33)26(12-14-29-15-13-26)32-25(34)30-19-9-7-18(27)8-10-19/h2-11,16,29H,12-15H2,1H3,(H,31,33)(H2,30,32,34). The number of nitrogens with one attached hydrogen (secondary N) is 4. The maximum atomic E-state index is 15.1. The van der Waals surface area contributed by atoms with Crippen LogP contribution < -0.4 is 21.3 Å². The number of hydrogen-bond donors (Lipinski definition) is 4. The van der Waals surface area contributed by atoms with Crippen molar-refractivity contribution in [2.75, 3.05) is 30.0 Å². The summed E-state index contributed by atoms with van der Waals surface area (Å²) in [7, 11) is -3.53. The van der Waals surface area contributed by atoms with Gasteiger partial charge >= 0.3 is 6.03 Å². The number of halogens is 2. The molecule has 194 valence electrons. The van der Waals surface area contributed by atoms with E-state index < -0.39 is 33.1 Å². The van der Waals surface area contributed by atoms with Crippen molar-refractivity contribution < 1.29 is 22.4 Å². The summed E-state index contributed by atoms with van der Waals surface area (Å²) in [5.74, 6) is -1.28. The zero-order chi connectivity index (χ0) is 26.6. The number of piperidine rings is 1. The van der Waals surface area contributed by atoms with E-state index in [4.69, 9.17) is 11.6 Å². The van der Waals surface area contributed by atoms with Crippen LogP contribution >= 0.6 is 11.6 Å². The van der Waals surface area contributed by atoms with Gasteiger partial charge in [-0.05, 0) is 74.0 Å². The molecule has 37 heavy (non-hydrogen) atoms. The van der Waals surface area contributed by atoms with E-state index in [9.17, 15) is 18.0 Å². The first-order valence-electron chi connectivity index (χ1n) is 11.5. The number of benzene rings is 3. The van der Waals surface area contributed by atoms with Gasteiger partial charge in [-0.25, -0.2) is 17.6 Å². The fourth-order valence-corrected chi connectivity index (χ4v) is 5.27. The lowest BCUT2D eigenvalue weighted by atomic mass is 9.87. The van der Waals surface area contributed by atoms with Gasteiger partial charge < -0.3 is 21.3 Å². The Kier molecular flexibility index (Phi) is 7.82. The lowest BCUT2D eigenvalue weighted by molar-refractivity contribution is -0.123. The van der Waals surface area contributed by atoms with Crippen molar-refractivity contribution in [1.82, 2.24) is 10.6 Å². The van der Waals surface area contributed by atoms with E-state index in [0.29, 0.717) is 47.8 Å². The van der Waals surface area contributed by atoms with Gasteiger partial charge in [0.05, 0.1) is 10.6 Å². The average Bonchev–Trinajstić information content (AvgIpc) is 2.86. The number of carbonyl (C=O) groups excluding carboxylic acids is 2. The Morgan fingerprint density at radius 1 is 0.973 bits per heavy atom. The molecule has 3 aromatic carbocycles. The number of carbonyl (C=O) groups is 2. The molecule has 4 rings (SSSR count). The minimum Gasteiger partial charge on any atom is -0.323 e. The van der Waals surface area contributed by atoms with Crippen LogP contribution in [0.15, 0.2) is 71.6 Å². The quantitative estimate of drug-likeness (QED) is 0.366. The highest BCUT2D eigenvalue weighted by atomic mass is 35.5. The highest BCUT2D eigenvalue weighted by molar-refractivity contribution is 7.90. The Bertz CT molecular complexity index is 1420. The van der Waals surface area contributed by atoms with E-state index in [1.54, 1.807) is 48.5 Å². The molecule has 4 N–H and O–H groups in total. The first-order chi connectivity index (χ1) is 17.6. The molecule has 1 fully saturated rings. The summed E-state index contributed by atoms with van der Waals surface area (Å²) in [5, 5.41) is 11.7. The summed E-state index contributed by atoms with van der Waals surface area (Å²) in [6.45, 7) is 0.969. The van der Waals surface area contributed by atoms with E-state index in [0.717, 1.165) is 6.26 Å². The molecule has 3 amide bonds. The molecular formula is C26H26ClFN4O4S. The summed E-state index contributed by atoms with van der Waals surface area (Å²) in [6, 6.07) is 16.4. The molecule has 0 aliphatic carbocycles. The zero-order valence-electron chi connectivity index (χ0n) is 20.0. The van der Waals surface area contributed by atoms with Gasteiger partial charge in [0.25, 0.3) is 0 Å². The third kappa shape index (κ3) is 6.27. The van der Waals surface area contributed by atoms with Gasteiger partial charge in [-0.15, -0.1) is 0 Å². The number of anilines is 2. The summed E-state index contributed by atoms with van der Waals surface area (Å²) in [6.07, 6.45) is 1.69. The highest BCUT2D eigenvalue weighted by Gasteiger charge is 2.41. The van der Waals surface area contributed by atoms with Crippen molar-refractivity contribution >= 4 is 44.8 Å². The smallest absolute Gasteiger partial charge is 0.320 e. The Hall–Kier alpha value is -3.47. The van der Waals surface area contributed by atoms with E-state index in [-0.39, 0.29) is 10.6 Å². The van der Waals surface area contributed by atoms with Crippen LogP contribution in [0, 0.1) is 5.82 Å². The van der Waals surface area contributed by atoms with Crippen molar-refractivity contribution in [1.29, 1.82) is 0 Å². The van der Waals surface area contributed by atoms with Crippen LogP contribution in [0.3, 0.4) is 0 Å². The molecular weight excluding hydrogens is 519 g/mol. The summed E-state index contributed by atoms with van der Waals surface area (Å²) in [4.78, 5) is 26.2. The largest absolute Gasteiger partial charge is 0.323 e. The molecule has 0 atom stereocenters. The van der Waals surface area contributed by atoms with E-state index >= 15 is 4.39 Å². The van der Waals surface area contributed by atoms with Crippen molar-refractivity contribution in [3.05, 3.63) is 77.6 Å². The molecule has 0 radical (unpaired) electrons. The van der Waals surface area contributed by atoms with Crippen LogP contribution in [-0.4, -0.2) is 45.2 Å². The first kappa shape index (κ1) is 26.6. The van der Waals surface area contributed by atoms with Crippen LogP contribution in [0.5, 0.6) is 0 Å². The zero-order valence-corrected chi connectivity index (χ0v) is 21.5. The molecule has 11 heteroatoms. The molecule has 0 spiro atoms. The highest BCUT2D eigenvalue weighted by Crippen LogP contribution is 2.30. The van der Waals surface area contributed by atoms with E-state index in [1.807, 2.05) is 0 Å². The van der Waals surface area contributed by atoms with Crippen LogP contribution in [0.4, 0.5) is 20.6 Å². The van der Waals surface area contributed by atoms with E-state index in [1.165, 1.54) is 18.2 Å². The summed E-state index contributed by atoms with van der Waals surface area (Å²) >= 11 is 5.88. The maximum absolute atomic E-state index is 15.1. The Balaban J connectivity index is 1.54. The fraction of sp³-hybridized carbons (Fsp3) is 0.231. The third-order valence-electron chi connectivity index (χ3n) is 6.16. The minimum atomic E-state index is -3.53. The van der Waals surface area contributed by atoms with Gasteiger partial charge in [0.15, 0.2) is 9.84 Å². The topological polar surface area (TPSA) is 116 Å². The number of amides is 3. The predicted molar refractivity (Wildman–Crippen MR) is 142 cm³/mol. The Morgan fingerprint density at radius 3 is 2.30 bits per heavy atom. The van der Waals surface area contributed by atoms with Gasteiger partial charge in [0, 0.05) is 22.5 Å². The number of hydrogen-bond acceptors (Lipinski definition) is 5. The van der Waals surface area contributed by atoms with Crippen LogP contribution in [0.25, 0.3) is 11.1 Å². The molecule has 1 heterocycles. The lowest BCUT2D eigenvalue weighted by Gasteiger charge is -2.36. The Morgan fingerprint density at radius 2 is 1.65 bits per heavy atom. The van der Waals surface area contributed by atoms with Gasteiger partial charge in [-0.3, -0.25) is 4.79 Å². The monoisotopic (exact) mass is 544 g/mol. The van der Waals surface area contributed by atoms with Gasteiger partial charge in [-0.2, -0.15) is 0 Å². The summed E-state index contributed by atoms with van der Waals surface area (Å²) < 4.78 is 39.4. The first-order valence-corrected chi connectivity index (χ1v) is 13.8. The molecule has 1 aliphatic heterocycles. The molecule has 0 aromatic heterocycles. The predicted octanol–water partition coefficient (Wildman–Crippen LogP) is 4.43. The van der Waals surface area contributed by atoms with Crippen LogP contribution in [0.1, 0.15) is 12.8 Å². The van der Waals surface area contributed by atoms with Crippen molar-refractivity contribution in [2.45, 2.75) is 23.3 Å². The lowest BCUT2D eigenvalue weighted by Crippen LogP contribution is -2.62. The second-order valence-electron chi connectivity index (χ2n) is 8.84. The van der Waals surface area contributed by atoms with Crippen molar-refractivity contribution in [2.24, 2.45) is 0 Å². The van der Waals surface area contributed by atoms with Gasteiger partial charge in [0.2, 0.25) is 5.91 Å². The van der Waals surface area contributed by atoms with Crippen molar-refractivity contribution in [3.8, 4) is 11.1 Å². The molecule has 0 unspecified atom stereocenters. The third-order valence-corrected chi connectivity index (χ3v) is 7.57. The van der Waals surface area contributed by atoms with Gasteiger partial charge in [0.1, 0.15) is 11.4 Å². The second kappa shape index (κ2) is 10.9. The molecule has 1 saturated heterocycles. The SMILES string of the molecule is CS(=O)(=O)c1ccccc1-c1ccc(NC(=O)C2(NC(=O)Nc3ccc(Cl)cc3)CCNCC2)c(F)c1. The minimum absolute atomic E-state index is 0.0794.